The first-order chi connectivity index (χ1) is 14.6. The normalized spacial score (nSPS) is 11.7. The average Bonchev–Trinajstić information content (AvgIpc) is 2.79. The van der Waals surface area contributed by atoms with Gasteiger partial charge in [-0.2, -0.15) is 4.31 Å². The van der Waals surface area contributed by atoms with Crippen molar-refractivity contribution in [2.75, 3.05) is 7.11 Å². The van der Waals surface area contributed by atoms with Gasteiger partial charge in [0, 0.05) is 23.9 Å². The Hall–Kier alpha value is -3.15. The highest BCUT2D eigenvalue weighted by Gasteiger charge is 2.27. The third kappa shape index (κ3) is 4.08. The summed E-state index contributed by atoms with van der Waals surface area (Å²) >= 11 is 0. The highest BCUT2D eigenvalue weighted by Crippen LogP contribution is 2.33. The van der Waals surface area contributed by atoms with Crippen LogP contribution >= 0.6 is 0 Å². The zero-order chi connectivity index (χ0) is 21.0. The van der Waals surface area contributed by atoms with E-state index in [0.29, 0.717) is 24.2 Å². The zero-order valence-corrected chi connectivity index (χ0v) is 17.5. The Morgan fingerprint density at radius 1 is 0.667 bits per heavy atom. The lowest BCUT2D eigenvalue weighted by Gasteiger charge is -2.24. The van der Waals surface area contributed by atoms with E-state index in [1.807, 2.05) is 84.9 Å². The van der Waals surface area contributed by atoms with Crippen molar-refractivity contribution in [3.05, 3.63) is 108 Å². The predicted molar refractivity (Wildman–Crippen MR) is 120 cm³/mol. The minimum absolute atomic E-state index is 0.283. The lowest BCUT2D eigenvalue weighted by molar-refractivity contribution is 0.401. The van der Waals surface area contributed by atoms with Crippen LogP contribution in [0.3, 0.4) is 0 Å². The second kappa shape index (κ2) is 8.69. The molecule has 4 nitrogen and oxygen atoms in total. The van der Waals surface area contributed by atoms with Gasteiger partial charge in [-0.25, -0.2) is 8.42 Å². The van der Waals surface area contributed by atoms with Crippen LogP contribution in [-0.2, 0) is 23.1 Å². The Morgan fingerprint density at radius 2 is 1.17 bits per heavy atom. The van der Waals surface area contributed by atoms with Crippen molar-refractivity contribution in [3.63, 3.8) is 0 Å². The van der Waals surface area contributed by atoms with Crippen LogP contribution in [0.2, 0.25) is 0 Å². The molecule has 0 spiro atoms. The van der Waals surface area contributed by atoms with Crippen molar-refractivity contribution in [1.29, 1.82) is 0 Å². The molecule has 152 valence electrons. The van der Waals surface area contributed by atoms with Crippen molar-refractivity contribution < 1.29 is 13.2 Å². The Kier molecular flexibility index (Phi) is 5.84. The standard InChI is InChI=1S/C25H23NO3S/c1-29-24-16-17-25(23-15-9-8-14-22(23)24)30(27,28)26(18-20-10-4-2-5-11-20)19-21-12-6-3-7-13-21/h2-17H,18-19H2,1H3. The van der Waals surface area contributed by atoms with Crippen LogP contribution in [0.1, 0.15) is 11.1 Å². The molecular formula is C25H23NO3S. The van der Waals surface area contributed by atoms with E-state index in [9.17, 15) is 8.42 Å². The number of hydrogen-bond acceptors (Lipinski definition) is 3. The van der Waals surface area contributed by atoms with Crippen molar-refractivity contribution >= 4 is 20.8 Å². The summed E-state index contributed by atoms with van der Waals surface area (Å²) < 4.78 is 34.7. The van der Waals surface area contributed by atoms with Gasteiger partial charge in [0.15, 0.2) is 0 Å². The molecule has 0 fully saturated rings. The van der Waals surface area contributed by atoms with E-state index >= 15 is 0 Å². The van der Waals surface area contributed by atoms with Crippen LogP contribution < -0.4 is 4.74 Å². The van der Waals surface area contributed by atoms with Crippen LogP contribution in [0.25, 0.3) is 10.8 Å². The maximum Gasteiger partial charge on any atom is 0.244 e. The van der Waals surface area contributed by atoms with Crippen LogP contribution in [0, 0.1) is 0 Å². The van der Waals surface area contributed by atoms with E-state index in [0.717, 1.165) is 16.5 Å². The molecule has 4 aromatic rings. The number of fused-ring (bicyclic) bond motifs is 1. The fourth-order valence-corrected chi connectivity index (χ4v) is 5.20. The molecule has 0 bridgehead atoms. The second-order valence-corrected chi connectivity index (χ2v) is 8.96. The fraction of sp³-hybridized carbons (Fsp3) is 0.120. The third-order valence-electron chi connectivity index (χ3n) is 5.09. The van der Waals surface area contributed by atoms with E-state index in [4.69, 9.17) is 4.74 Å². The largest absolute Gasteiger partial charge is 0.496 e. The minimum Gasteiger partial charge on any atom is -0.496 e. The number of benzene rings is 4. The van der Waals surface area contributed by atoms with Gasteiger partial charge in [0.2, 0.25) is 10.0 Å². The summed E-state index contributed by atoms with van der Waals surface area (Å²) in [7, 11) is -2.18. The summed E-state index contributed by atoms with van der Waals surface area (Å²) in [5.74, 6) is 0.655. The van der Waals surface area contributed by atoms with Crippen LogP contribution in [0.4, 0.5) is 0 Å². The summed E-state index contributed by atoms with van der Waals surface area (Å²) in [5, 5.41) is 1.43. The van der Waals surface area contributed by atoms with Gasteiger partial charge in [-0.15, -0.1) is 0 Å². The topological polar surface area (TPSA) is 46.6 Å². The third-order valence-corrected chi connectivity index (χ3v) is 6.94. The molecule has 0 saturated carbocycles. The summed E-state index contributed by atoms with van der Waals surface area (Å²) in [6.07, 6.45) is 0. The van der Waals surface area contributed by atoms with Crippen LogP contribution in [0.5, 0.6) is 5.75 Å². The molecule has 0 N–H and O–H groups in total. The second-order valence-electron chi connectivity index (χ2n) is 7.06. The number of ether oxygens (including phenoxy) is 1. The van der Waals surface area contributed by atoms with E-state index < -0.39 is 10.0 Å². The molecule has 0 heterocycles. The molecule has 4 rings (SSSR count). The van der Waals surface area contributed by atoms with E-state index in [1.165, 1.54) is 4.31 Å². The first kappa shape index (κ1) is 20.1. The van der Waals surface area contributed by atoms with Gasteiger partial charge in [-0.1, -0.05) is 84.9 Å². The molecule has 0 saturated heterocycles. The monoisotopic (exact) mass is 417 g/mol. The molecule has 5 heteroatoms. The highest BCUT2D eigenvalue weighted by atomic mass is 32.2. The van der Waals surface area contributed by atoms with E-state index in [-0.39, 0.29) is 4.90 Å². The summed E-state index contributed by atoms with van der Waals surface area (Å²) in [6.45, 7) is 0.580. The van der Waals surface area contributed by atoms with Gasteiger partial charge in [-0.05, 0) is 23.3 Å². The van der Waals surface area contributed by atoms with E-state index in [2.05, 4.69) is 0 Å². The smallest absolute Gasteiger partial charge is 0.244 e. The molecule has 0 atom stereocenters. The molecule has 0 aromatic heterocycles. The maximum absolute atomic E-state index is 13.8. The van der Waals surface area contributed by atoms with Crippen LogP contribution in [-0.4, -0.2) is 19.8 Å². The number of methoxy groups -OCH3 is 1. The number of hydrogen-bond donors (Lipinski definition) is 0. The van der Waals surface area contributed by atoms with Gasteiger partial charge >= 0.3 is 0 Å². The minimum atomic E-state index is -3.77. The number of nitrogens with zero attached hydrogens (tertiary/aromatic N) is 1. The van der Waals surface area contributed by atoms with Gasteiger partial charge in [0.25, 0.3) is 0 Å². The van der Waals surface area contributed by atoms with Crippen molar-refractivity contribution in [1.82, 2.24) is 4.31 Å². The molecule has 0 aliphatic rings. The number of sulfonamides is 1. The number of rotatable bonds is 7. The molecule has 4 aromatic carbocycles. The Balaban J connectivity index is 1.82. The molecule has 0 aliphatic heterocycles. The average molecular weight is 418 g/mol. The van der Waals surface area contributed by atoms with Gasteiger partial charge < -0.3 is 4.74 Å². The Labute approximate surface area is 177 Å². The molecular weight excluding hydrogens is 394 g/mol. The Morgan fingerprint density at radius 3 is 1.70 bits per heavy atom. The summed E-state index contributed by atoms with van der Waals surface area (Å²) in [6, 6.07) is 30.1. The molecule has 0 unspecified atom stereocenters. The maximum atomic E-state index is 13.8. The molecule has 0 aliphatic carbocycles. The first-order valence-electron chi connectivity index (χ1n) is 9.73. The fourth-order valence-electron chi connectivity index (χ4n) is 3.59. The van der Waals surface area contributed by atoms with E-state index in [1.54, 1.807) is 19.2 Å². The van der Waals surface area contributed by atoms with Crippen molar-refractivity contribution in [3.8, 4) is 5.75 Å². The molecule has 0 amide bonds. The zero-order valence-electron chi connectivity index (χ0n) is 16.7. The summed E-state index contributed by atoms with van der Waals surface area (Å²) in [4.78, 5) is 0.283. The lowest BCUT2D eigenvalue weighted by atomic mass is 10.1. The quantitative estimate of drug-likeness (QED) is 0.413. The van der Waals surface area contributed by atoms with Gasteiger partial charge in [0.1, 0.15) is 5.75 Å². The predicted octanol–water partition coefficient (Wildman–Crippen LogP) is 5.24. The van der Waals surface area contributed by atoms with Gasteiger partial charge in [0.05, 0.1) is 12.0 Å². The first-order valence-corrected chi connectivity index (χ1v) is 11.2. The summed E-state index contributed by atoms with van der Waals surface area (Å²) in [5.41, 5.74) is 1.88. The van der Waals surface area contributed by atoms with Gasteiger partial charge in [-0.3, -0.25) is 0 Å². The molecule has 0 radical (unpaired) electrons. The SMILES string of the molecule is COc1ccc(S(=O)(=O)N(Cc2ccccc2)Cc2ccccc2)c2ccccc12. The lowest BCUT2D eigenvalue weighted by Crippen LogP contribution is -2.30. The molecule has 30 heavy (non-hydrogen) atoms. The van der Waals surface area contributed by atoms with Crippen molar-refractivity contribution in [2.24, 2.45) is 0 Å². The Bertz CT molecular complexity index is 1200. The van der Waals surface area contributed by atoms with Crippen molar-refractivity contribution in [2.45, 2.75) is 18.0 Å². The highest BCUT2D eigenvalue weighted by molar-refractivity contribution is 7.89. The van der Waals surface area contributed by atoms with Crippen LogP contribution in [0.15, 0.2) is 102 Å².